The Morgan fingerprint density at radius 3 is 2.76 bits per heavy atom. The average molecular weight is 287 g/mol. The zero-order valence-corrected chi connectivity index (χ0v) is 12.3. The van der Waals surface area contributed by atoms with Gasteiger partial charge in [0.05, 0.1) is 17.7 Å². The van der Waals surface area contributed by atoms with Gasteiger partial charge in [0.15, 0.2) is 0 Å². The molecule has 0 atom stereocenters. The van der Waals surface area contributed by atoms with Gasteiger partial charge >= 0.3 is 0 Å². The van der Waals surface area contributed by atoms with Crippen molar-refractivity contribution in [2.45, 2.75) is 44.6 Å². The van der Waals surface area contributed by atoms with E-state index in [1.54, 1.807) is 0 Å². The van der Waals surface area contributed by atoms with Crippen molar-refractivity contribution in [2.24, 2.45) is 5.73 Å². The van der Waals surface area contributed by atoms with Crippen LogP contribution in [0.3, 0.4) is 0 Å². The molecule has 1 heterocycles. The molecular formula is C16H21N3O2. The molecule has 0 spiro atoms. The Hall–Kier alpha value is -1.88. The summed E-state index contributed by atoms with van der Waals surface area (Å²) in [6, 6.07) is 7.71. The van der Waals surface area contributed by atoms with Crippen LogP contribution in [0.15, 0.2) is 28.8 Å². The van der Waals surface area contributed by atoms with Crippen LogP contribution in [0.1, 0.15) is 44.9 Å². The summed E-state index contributed by atoms with van der Waals surface area (Å²) < 4.78 is 11.1. The van der Waals surface area contributed by atoms with Gasteiger partial charge in [-0.2, -0.15) is 4.98 Å². The van der Waals surface area contributed by atoms with E-state index in [0.29, 0.717) is 18.3 Å². The summed E-state index contributed by atoms with van der Waals surface area (Å²) in [5.41, 5.74) is 6.81. The van der Waals surface area contributed by atoms with Crippen LogP contribution in [-0.4, -0.2) is 16.7 Å². The van der Waals surface area contributed by atoms with Crippen molar-refractivity contribution in [3.63, 3.8) is 0 Å². The second-order valence-corrected chi connectivity index (χ2v) is 5.57. The highest BCUT2D eigenvalue weighted by Gasteiger charge is 2.35. The van der Waals surface area contributed by atoms with Gasteiger partial charge in [-0.05, 0) is 31.9 Å². The molecule has 0 saturated heterocycles. The highest BCUT2D eigenvalue weighted by molar-refractivity contribution is 5.63. The van der Waals surface area contributed by atoms with E-state index in [4.69, 9.17) is 15.0 Å². The molecule has 1 saturated carbocycles. The molecule has 0 bridgehead atoms. The van der Waals surface area contributed by atoms with Crippen LogP contribution >= 0.6 is 0 Å². The smallest absolute Gasteiger partial charge is 0.247 e. The number of nitrogens with zero attached hydrogens (tertiary/aromatic N) is 2. The van der Waals surface area contributed by atoms with Gasteiger partial charge in [-0.3, -0.25) is 0 Å². The molecule has 1 aliphatic carbocycles. The third kappa shape index (κ3) is 2.78. The van der Waals surface area contributed by atoms with Crippen molar-refractivity contribution in [1.82, 2.24) is 10.1 Å². The standard InChI is InChI=1S/C16H21N3O2/c1-2-20-13-9-5-4-8-12(13)14-18-15(21-19-14)16(17)10-6-3-7-11-16/h4-5,8-9H,2-3,6-7,10-11,17H2,1H3. The minimum atomic E-state index is -0.468. The fourth-order valence-electron chi connectivity index (χ4n) is 2.86. The predicted octanol–water partition coefficient (Wildman–Crippen LogP) is 3.25. The Balaban J connectivity index is 1.91. The monoisotopic (exact) mass is 287 g/mol. The number of rotatable bonds is 4. The molecule has 0 aliphatic heterocycles. The van der Waals surface area contributed by atoms with E-state index in [0.717, 1.165) is 37.0 Å². The normalized spacial score (nSPS) is 17.6. The Morgan fingerprint density at radius 2 is 2.00 bits per heavy atom. The fraction of sp³-hybridized carbons (Fsp3) is 0.500. The van der Waals surface area contributed by atoms with Crippen LogP contribution in [0.25, 0.3) is 11.4 Å². The zero-order chi connectivity index (χ0) is 14.7. The van der Waals surface area contributed by atoms with Gasteiger partial charge in [-0.1, -0.05) is 36.6 Å². The van der Waals surface area contributed by atoms with Crippen LogP contribution in [0.5, 0.6) is 5.75 Å². The molecule has 21 heavy (non-hydrogen) atoms. The van der Waals surface area contributed by atoms with Gasteiger partial charge in [0.25, 0.3) is 0 Å². The van der Waals surface area contributed by atoms with Gasteiger partial charge in [-0.15, -0.1) is 0 Å². The Kier molecular flexibility index (Phi) is 3.92. The van der Waals surface area contributed by atoms with Gasteiger partial charge in [-0.25, -0.2) is 0 Å². The van der Waals surface area contributed by atoms with Gasteiger partial charge in [0.2, 0.25) is 11.7 Å². The number of hydrogen-bond donors (Lipinski definition) is 1. The minimum Gasteiger partial charge on any atom is -0.493 e. The van der Waals surface area contributed by atoms with E-state index in [1.165, 1.54) is 6.42 Å². The van der Waals surface area contributed by atoms with Crippen molar-refractivity contribution in [1.29, 1.82) is 0 Å². The molecule has 112 valence electrons. The highest BCUT2D eigenvalue weighted by atomic mass is 16.5. The number of aromatic nitrogens is 2. The number of ether oxygens (including phenoxy) is 1. The van der Waals surface area contributed by atoms with Gasteiger partial charge in [0.1, 0.15) is 5.75 Å². The average Bonchev–Trinajstić information content (AvgIpc) is 2.99. The molecule has 0 unspecified atom stereocenters. The molecule has 1 aliphatic rings. The Bertz CT molecular complexity index is 603. The maximum atomic E-state index is 6.44. The third-order valence-corrected chi connectivity index (χ3v) is 4.03. The topological polar surface area (TPSA) is 74.2 Å². The quantitative estimate of drug-likeness (QED) is 0.934. The van der Waals surface area contributed by atoms with Crippen LogP contribution in [0.4, 0.5) is 0 Å². The van der Waals surface area contributed by atoms with E-state index < -0.39 is 5.54 Å². The van der Waals surface area contributed by atoms with E-state index in [9.17, 15) is 0 Å². The number of nitrogens with two attached hydrogens (primary N) is 1. The maximum Gasteiger partial charge on any atom is 0.247 e. The lowest BCUT2D eigenvalue weighted by Crippen LogP contribution is -2.38. The van der Waals surface area contributed by atoms with E-state index >= 15 is 0 Å². The largest absolute Gasteiger partial charge is 0.493 e. The third-order valence-electron chi connectivity index (χ3n) is 4.03. The molecule has 1 fully saturated rings. The highest BCUT2D eigenvalue weighted by Crippen LogP contribution is 2.35. The van der Waals surface area contributed by atoms with E-state index in [-0.39, 0.29) is 0 Å². The molecule has 1 aromatic heterocycles. The first kappa shape index (κ1) is 14.1. The fourth-order valence-corrected chi connectivity index (χ4v) is 2.86. The summed E-state index contributed by atoms with van der Waals surface area (Å²) in [6.07, 6.45) is 5.27. The molecule has 5 nitrogen and oxygen atoms in total. The van der Waals surface area contributed by atoms with Crippen molar-refractivity contribution in [2.75, 3.05) is 6.61 Å². The molecule has 1 aromatic carbocycles. The Labute approximate surface area is 124 Å². The van der Waals surface area contributed by atoms with Crippen LogP contribution < -0.4 is 10.5 Å². The minimum absolute atomic E-state index is 0.468. The number of hydrogen-bond acceptors (Lipinski definition) is 5. The molecule has 0 amide bonds. The summed E-state index contributed by atoms with van der Waals surface area (Å²) >= 11 is 0. The predicted molar refractivity (Wildman–Crippen MR) is 79.9 cm³/mol. The van der Waals surface area contributed by atoms with Gasteiger partial charge in [0, 0.05) is 0 Å². The first-order valence-corrected chi connectivity index (χ1v) is 7.58. The summed E-state index contributed by atoms with van der Waals surface area (Å²) in [4.78, 5) is 4.54. The van der Waals surface area contributed by atoms with Crippen LogP contribution in [0.2, 0.25) is 0 Å². The van der Waals surface area contributed by atoms with Crippen molar-refractivity contribution >= 4 is 0 Å². The molecule has 0 radical (unpaired) electrons. The second kappa shape index (κ2) is 5.85. The zero-order valence-electron chi connectivity index (χ0n) is 12.3. The van der Waals surface area contributed by atoms with Crippen molar-refractivity contribution in [3.8, 4) is 17.1 Å². The lowest BCUT2D eigenvalue weighted by molar-refractivity contribution is 0.220. The number of benzene rings is 1. The summed E-state index contributed by atoms with van der Waals surface area (Å²) in [5.74, 6) is 1.86. The molecular weight excluding hydrogens is 266 g/mol. The molecule has 5 heteroatoms. The molecule has 2 N–H and O–H groups in total. The first-order chi connectivity index (χ1) is 10.2. The SMILES string of the molecule is CCOc1ccccc1-c1noc(C2(N)CCCCC2)n1. The lowest BCUT2D eigenvalue weighted by atomic mass is 9.82. The Morgan fingerprint density at radius 1 is 1.24 bits per heavy atom. The first-order valence-electron chi connectivity index (χ1n) is 7.58. The lowest BCUT2D eigenvalue weighted by Gasteiger charge is -2.29. The van der Waals surface area contributed by atoms with Crippen molar-refractivity contribution < 1.29 is 9.26 Å². The number of para-hydroxylation sites is 1. The van der Waals surface area contributed by atoms with Crippen LogP contribution in [-0.2, 0) is 5.54 Å². The summed E-state index contributed by atoms with van der Waals surface area (Å²) in [7, 11) is 0. The molecule has 2 aromatic rings. The maximum absolute atomic E-state index is 6.44. The van der Waals surface area contributed by atoms with Crippen LogP contribution in [0, 0.1) is 0 Å². The van der Waals surface area contributed by atoms with E-state index in [1.807, 2.05) is 31.2 Å². The second-order valence-electron chi connectivity index (χ2n) is 5.57. The van der Waals surface area contributed by atoms with E-state index in [2.05, 4.69) is 10.1 Å². The van der Waals surface area contributed by atoms with Gasteiger partial charge < -0.3 is 15.0 Å². The molecule has 3 rings (SSSR count). The summed E-state index contributed by atoms with van der Waals surface area (Å²) in [5, 5.41) is 4.10. The van der Waals surface area contributed by atoms with Crippen molar-refractivity contribution in [3.05, 3.63) is 30.2 Å². The summed E-state index contributed by atoms with van der Waals surface area (Å²) in [6.45, 7) is 2.55.